The zero-order valence-corrected chi connectivity index (χ0v) is 12.2. The first-order valence-electron chi connectivity index (χ1n) is 5.81. The average molecular weight is 324 g/mol. The van der Waals surface area contributed by atoms with Crippen LogP contribution in [0.4, 0.5) is 23.7 Å². The fourth-order valence-corrected chi connectivity index (χ4v) is 1.98. The van der Waals surface area contributed by atoms with Crippen LogP contribution in [0.2, 0.25) is 0 Å². The molecule has 2 N–H and O–H groups in total. The molecule has 1 aromatic carbocycles. The van der Waals surface area contributed by atoms with E-state index >= 15 is 0 Å². The largest absolute Gasteiger partial charge is 0.416 e. The van der Waals surface area contributed by atoms with Crippen molar-refractivity contribution in [3.05, 3.63) is 24.3 Å². The van der Waals surface area contributed by atoms with Gasteiger partial charge >= 0.3 is 12.2 Å². The lowest BCUT2D eigenvalue weighted by Crippen LogP contribution is -2.43. The number of hydrogen-bond donors (Lipinski definition) is 2. The Labute approximate surface area is 122 Å². The molecule has 0 aliphatic rings. The van der Waals surface area contributed by atoms with Gasteiger partial charge in [-0.2, -0.15) is 13.2 Å². The van der Waals surface area contributed by atoms with Crippen LogP contribution >= 0.6 is 0 Å². The van der Waals surface area contributed by atoms with Gasteiger partial charge in [-0.1, -0.05) is 6.07 Å². The van der Waals surface area contributed by atoms with Gasteiger partial charge in [-0.3, -0.25) is 4.21 Å². The molecule has 118 valence electrons. The van der Waals surface area contributed by atoms with Gasteiger partial charge in [-0.05, 0) is 18.2 Å². The Morgan fingerprint density at radius 2 is 2.10 bits per heavy atom. The van der Waals surface area contributed by atoms with Crippen molar-refractivity contribution in [2.45, 2.75) is 17.2 Å². The van der Waals surface area contributed by atoms with Crippen molar-refractivity contribution in [2.24, 2.45) is 0 Å². The lowest BCUT2D eigenvalue weighted by atomic mass is 10.3. The van der Waals surface area contributed by atoms with Crippen LogP contribution in [0, 0.1) is 0 Å². The van der Waals surface area contributed by atoms with Gasteiger partial charge in [0.25, 0.3) is 0 Å². The molecule has 0 aliphatic heterocycles. The lowest BCUT2D eigenvalue weighted by molar-refractivity contribution is -0.205. The van der Waals surface area contributed by atoms with E-state index in [9.17, 15) is 22.2 Å². The summed E-state index contributed by atoms with van der Waals surface area (Å²) in [7, 11) is -0.108. The van der Waals surface area contributed by atoms with E-state index in [1.54, 1.807) is 12.1 Å². The summed E-state index contributed by atoms with van der Waals surface area (Å²) in [6.07, 6.45) is -5.93. The Morgan fingerprint density at radius 3 is 2.62 bits per heavy atom. The number of aliphatic hydroxyl groups excluding tert-OH is 1. The van der Waals surface area contributed by atoms with Gasteiger partial charge in [-0.15, -0.1) is 0 Å². The minimum Gasteiger partial charge on any atom is -0.382 e. The molecule has 0 heterocycles. The van der Waals surface area contributed by atoms with E-state index in [0.717, 1.165) is 7.05 Å². The van der Waals surface area contributed by atoms with Crippen molar-refractivity contribution in [2.75, 3.05) is 25.2 Å². The molecule has 2 unspecified atom stereocenters. The van der Waals surface area contributed by atoms with Crippen molar-refractivity contribution in [1.82, 2.24) is 4.90 Å². The van der Waals surface area contributed by atoms with E-state index in [4.69, 9.17) is 5.11 Å². The predicted octanol–water partition coefficient (Wildman–Crippen LogP) is 1.81. The van der Waals surface area contributed by atoms with Crippen molar-refractivity contribution >= 4 is 22.5 Å². The third-order valence-electron chi connectivity index (χ3n) is 2.59. The van der Waals surface area contributed by atoms with Crippen molar-refractivity contribution in [3.8, 4) is 0 Å². The van der Waals surface area contributed by atoms with Crippen LogP contribution in [0.3, 0.4) is 0 Å². The number of nitrogens with one attached hydrogen (secondary N) is 1. The summed E-state index contributed by atoms with van der Waals surface area (Å²) in [6.45, 7) is -0.880. The first-order chi connectivity index (χ1) is 9.61. The number of urea groups is 1. The summed E-state index contributed by atoms with van der Waals surface area (Å²) in [5.41, 5.74) is 0.307. The van der Waals surface area contributed by atoms with Crippen LogP contribution in [0.15, 0.2) is 29.2 Å². The zero-order chi connectivity index (χ0) is 16.2. The van der Waals surface area contributed by atoms with Crippen LogP contribution < -0.4 is 5.32 Å². The highest BCUT2D eigenvalue weighted by Gasteiger charge is 2.39. The van der Waals surface area contributed by atoms with E-state index in [1.165, 1.54) is 18.4 Å². The molecule has 0 saturated carbocycles. The molecule has 1 rings (SSSR count). The van der Waals surface area contributed by atoms with Crippen LogP contribution in [0.5, 0.6) is 0 Å². The van der Waals surface area contributed by atoms with Crippen molar-refractivity contribution in [3.63, 3.8) is 0 Å². The van der Waals surface area contributed by atoms with Gasteiger partial charge in [0.15, 0.2) is 6.10 Å². The second-order valence-corrected chi connectivity index (χ2v) is 5.73. The van der Waals surface area contributed by atoms with Gasteiger partial charge < -0.3 is 15.3 Å². The predicted molar refractivity (Wildman–Crippen MR) is 72.5 cm³/mol. The fraction of sp³-hybridized carbons (Fsp3) is 0.417. The SMILES string of the molecule is CN(CC(O)C(F)(F)F)C(=O)Nc1cccc(S(C)=O)c1. The quantitative estimate of drug-likeness (QED) is 0.887. The van der Waals surface area contributed by atoms with E-state index in [-0.39, 0.29) is 0 Å². The number of carbonyl (C=O) groups is 1. The number of likely N-dealkylation sites (N-methyl/N-ethyl adjacent to an activating group) is 1. The first-order valence-corrected chi connectivity index (χ1v) is 7.37. The maximum atomic E-state index is 12.2. The molecular formula is C12H15F3N2O3S. The highest BCUT2D eigenvalue weighted by Crippen LogP contribution is 2.20. The lowest BCUT2D eigenvalue weighted by Gasteiger charge is -2.22. The molecule has 0 spiro atoms. The number of halogens is 3. The monoisotopic (exact) mass is 324 g/mol. The van der Waals surface area contributed by atoms with Gasteiger partial charge in [0.1, 0.15) is 0 Å². The molecule has 0 aliphatic carbocycles. The Hall–Kier alpha value is -1.61. The molecule has 2 atom stereocenters. The molecule has 21 heavy (non-hydrogen) atoms. The van der Waals surface area contributed by atoms with Gasteiger partial charge in [0.05, 0.1) is 6.54 Å². The molecular weight excluding hydrogens is 309 g/mol. The second kappa shape index (κ2) is 6.90. The highest BCUT2D eigenvalue weighted by molar-refractivity contribution is 7.84. The molecule has 2 amide bonds. The topological polar surface area (TPSA) is 69.6 Å². The molecule has 0 aromatic heterocycles. The minimum atomic E-state index is -4.78. The summed E-state index contributed by atoms with van der Waals surface area (Å²) in [4.78, 5) is 12.9. The van der Waals surface area contributed by atoms with Crippen LogP contribution in [-0.4, -0.2) is 52.4 Å². The summed E-state index contributed by atoms with van der Waals surface area (Å²) in [5.74, 6) is 0. The number of carbonyl (C=O) groups excluding carboxylic acids is 1. The standard InChI is InChI=1S/C12H15F3N2O3S/c1-17(7-10(18)12(13,14)15)11(19)16-8-4-3-5-9(6-8)21(2)20/h3-6,10,18H,7H2,1-2H3,(H,16,19). The maximum absolute atomic E-state index is 12.2. The molecule has 0 bridgehead atoms. The summed E-state index contributed by atoms with van der Waals surface area (Å²) in [5, 5.41) is 11.3. The Bertz CT molecular complexity index is 537. The van der Waals surface area contributed by atoms with Crippen molar-refractivity contribution in [1.29, 1.82) is 0 Å². The third-order valence-corrected chi connectivity index (χ3v) is 3.51. The number of benzene rings is 1. The molecule has 1 aromatic rings. The maximum Gasteiger partial charge on any atom is 0.416 e. The van der Waals surface area contributed by atoms with E-state index in [2.05, 4.69) is 5.32 Å². The summed E-state index contributed by atoms with van der Waals surface area (Å²) in [6, 6.07) is 5.33. The third kappa shape index (κ3) is 5.35. The number of aliphatic hydroxyl groups is 1. The van der Waals surface area contributed by atoms with Crippen LogP contribution in [-0.2, 0) is 10.8 Å². The van der Waals surface area contributed by atoms with E-state index in [1.807, 2.05) is 0 Å². The van der Waals surface area contributed by atoms with Gasteiger partial charge in [0.2, 0.25) is 0 Å². The van der Waals surface area contributed by atoms with Crippen LogP contribution in [0.25, 0.3) is 0 Å². The normalized spacial score (nSPS) is 14.4. The number of rotatable bonds is 4. The molecule has 0 saturated heterocycles. The molecule has 5 nitrogen and oxygen atoms in total. The first kappa shape index (κ1) is 17.4. The smallest absolute Gasteiger partial charge is 0.382 e. The number of alkyl halides is 3. The summed E-state index contributed by atoms with van der Waals surface area (Å²) >= 11 is 0. The van der Waals surface area contributed by atoms with Gasteiger partial charge in [0, 0.05) is 34.7 Å². The van der Waals surface area contributed by atoms with Crippen LogP contribution in [0.1, 0.15) is 0 Å². The Balaban J connectivity index is 2.68. The molecule has 0 radical (unpaired) electrons. The average Bonchev–Trinajstić information content (AvgIpc) is 2.37. The zero-order valence-electron chi connectivity index (χ0n) is 11.3. The Kier molecular flexibility index (Phi) is 5.73. The number of amides is 2. The number of anilines is 1. The van der Waals surface area contributed by atoms with Crippen molar-refractivity contribution < 1.29 is 27.3 Å². The second-order valence-electron chi connectivity index (χ2n) is 4.35. The summed E-state index contributed by atoms with van der Waals surface area (Å²) < 4.78 is 47.9. The fourth-order valence-electron chi connectivity index (χ4n) is 1.42. The van der Waals surface area contributed by atoms with E-state index in [0.29, 0.717) is 15.5 Å². The number of nitrogens with zero attached hydrogens (tertiary/aromatic N) is 1. The molecule has 9 heteroatoms. The minimum absolute atomic E-state index is 0.307. The highest BCUT2D eigenvalue weighted by atomic mass is 32.2. The molecule has 0 fully saturated rings. The van der Waals surface area contributed by atoms with Gasteiger partial charge in [-0.25, -0.2) is 4.79 Å². The Morgan fingerprint density at radius 1 is 1.48 bits per heavy atom. The van der Waals surface area contributed by atoms with E-state index < -0.39 is 35.7 Å². The number of hydrogen-bond acceptors (Lipinski definition) is 3.